The number of anilines is 1. The molecule has 9 heteroatoms. The van der Waals surface area contributed by atoms with Crippen LogP contribution in [0.5, 0.6) is 0 Å². The van der Waals surface area contributed by atoms with Gasteiger partial charge in [-0.15, -0.1) is 0 Å². The fourth-order valence-electron chi connectivity index (χ4n) is 5.23. The quantitative estimate of drug-likeness (QED) is 0.159. The van der Waals surface area contributed by atoms with E-state index >= 15 is 4.39 Å². The van der Waals surface area contributed by atoms with Crippen molar-refractivity contribution in [2.24, 2.45) is 0 Å². The lowest BCUT2D eigenvalue weighted by Gasteiger charge is -2.34. The first-order valence-electron chi connectivity index (χ1n) is 15.5. The number of nitrogens with zero attached hydrogens (tertiary/aromatic N) is 2. The summed E-state index contributed by atoms with van der Waals surface area (Å²) in [6.07, 6.45) is 1.77. The third-order valence-electron chi connectivity index (χ3n) is 8.13. The maximum atomic E-state index is 15.1. The fraction of sp³-hybridized carbons (Fsp3) is 0.297. The Morgan fingerprint density at radius 2 is 1.52 bits per heavy atom. The van der Waals surface area contributed by atoms with Crippen LogP contribution >= 0.6 is 0 Å². The van der Waals surface area contributed by atoms with Crippen molar-refractivity contribution in [1.82, 2.24) is 10.2 Å². The van der Waals surface area contributed by atoms with E-state index in [9.17, 15) is 18.0 Å². The lowest BCUT2D eigenvalue weighted by Crippen LogP contribution is -2.53. The third-order valence-corrected chi connectivity index (χ3v) is 9.91. The summed E-state index contributed by atoms with van der Waals surface area (Å²) in [6, 6.07) is 26.1. The second kappa shape index (κ2) is 15.7. The Labute approximate surface area is 272 Å². The number of amides is 2. The van der Waals surface area contributed by atoms with Crippen molar-refractivity contribution >= 4 is 27.5 Å². The van der Waals surface area contributed by atoms with Gasteiger partial charge in [-0.2, -0.15) is 0 Å². The average Bonchev–Trinajstić information content (AvgIpc) is 3.04. The van der Waals surface area contributed by atoms with E-state index in [1.54, 1.807) is 42.5 Å². The van der Waals surface area contributed by atoms with Crippen LogP contribution in [0.1, 0.15) is 47.6 Å². The van der Waals surface area contributed by atoms with E-state index in [0.717, 1.165) is 33.8 Å². The van der Waals surface area contributed by atoms with Crippen molar-refractivity contribution in [1.29, 1.82) is 0 Å². The Balaban J connectivity index is 1.83. The van der Waals surface area contributed by atoms with Crippen molar-refractivity contribution in [2.75, 3.05) is 17.4 Å². The fourth-order valence-corrected chi connectivity index (χ4v) is 6.70. The van der Waals surface area contributed by atoms with Crippen molar-refractivity contribution in [3.05, 3.63) is 131 Å². The lowest BCUT2D eigenvalue weighted by atomic mass is 10.0. The summed E-state index contributed by atoms with van der Waals surface area (Å²) >= 11 is 0. The Bertz CT molecular complexity index is 1740. The van der Waals surface area contributed by atoms with E-state index in [-0.39, 0.29) is 29.3 Å². The second-order valence-corrected chi connectivity index (χ2v) is 13.4. The minimum absolute atomic E-state index is 0.0330. The lowest BCUT2D eigenvalue weighted by molar-refractivity contribution is -0.140. The number of carbonyl (C=O) groups is 2. The zero-order valence-corrected chi connectivity index (χ0v) is 27.7. The molecule has 4 aromatic rings. The number of carbonyl (C=O) groups excluding carboxylic acids is 2. The molecule has 0 saturated carbocycles. The van der Waals surface area contributed by atoms with Gasteiger partial charge in [0.05, 0.1) is 10.6 Å². The maximum Gasteiger partial charge on any atom is 0.264 e. The number of sulfonamides is 1. The standard InChI is InChI=1S/C37H42FN3O4S/c1-5-6-23-39-37(43)35(24-30-14-8-7-9-15-30)40(25-31-16-10-11-17-33(31)38)36(42)26-41(34-18-12-13-28(3)29(34)4)46(44,45)32-21-19-27(2)20-22-32/h7-22,35H,5-6,23-26H2,1-4H3,(H,39,43)/t35-/m1/s1. The Morgan fingerprint density at radius 1 is 0.848 bits per heavy atom. The molecule has 0 spiro atoms. The molecule has 0 aliphatic rings. The molecule has 0 radical (unpaired) electrons. The molecule has 4 aromatic carbocycles. The first kappa shape index (κ1) is 34.4. The van der Waals surface area contributed by atoms with Gasteiger partial charge >= 0.3 is 0 Å². The van der Waals surface area contributed by atoms with Gasteiger partial charge in [0.15, 0.2) is 0 Å². The number of unbranched alkanes of at least 4 members (excludes halogenated alkanes) is 1. The number of aryl methyl sites for hydroxylation is 2. The minimum atomic E-state index is -4.23. The molecule has 0 saturated heterocycles. The molecule has 0 aliphatic heterocycles. The number of hydrogen-bond acceptors (Lipinski definition) is 4. The first-order chi connectivity index (χ1) is 22.0. The highest BCUT2D eigenvalue weighted by Gasteiger charge is 2.35. The molecule has 0 bridgehead atoms. The summed E-state index contributed by atoms with van der Waals surface area (Å²) < 4.78 is 44.7. The minimum Gasteiger partial charge on any atom is -0.354 e. The maximum absolute atomic E-state index is 15.1. The smallest absolute Gasteiger partial charge is 0.264 e. The summed E-state index contributed by atoms with van der Waals surface area (Å²) in [5, 5.41) is 2.94. The first-order valence-corrected chi connectivity index (χ1v) is 17.0. The van der Waals surface area contributed by atoms with Crippen LogP contribution in [-0.2, 0) is 32.6 Å². The summed E-state index contributed by atoms with van der Waals surface area (Å²) in [4.78, 5) is 29.7. The Morgan fingerprint density at radius 3 is 2.20 bits per heavy atom. The van der Waals surface area contributed by atoms with Gasteiger partial charge in [0, 0.05) is 25.1 Å². The Hall–Kier alpha value is -4.50. The van der Waals surface area contributed by atoms with Gasteiger partial charge in [-0.1, -0.05) is 91.7 Å². The van der Waals surface area contributed by atoms with Crippen LogP contribution in [0.2, 0.25) is 0 Å². The molecule has 1 atom stereocenters. The predicted molar refractivity (Wildman–Crippen MR) is 180 cm³/mol. The van der Waals surface area contributed by atoms with Crippen LogP contribution in [0, 0.1) is 26.6 Å². The molecular formula is C37H42FN3O4S. The molecule has 0 aromatic heterocycles. The highest BCUT2D eigenvalue weighted by Crippen LogP contribution is 2.29. The van der Waals surface area contributed by atoms with Gasteiger partial charge in [-0.3, -0.25) is 13.9 Å². The molecule has 4 rings (SSSR count). The number of halogens is 1. The third kappa shape index (κ3) is 8.40. The van der Waals surface area contributed by atoms with E-state index in [1.165, 1.54) is 23.1 Å². The topological polar surface area (TPSA) is 86.8 Å². The van der Waals surface area contributed by atoms with E-state index in [1.807, 2.05) is 64.1 Å². The largest absolute Gasteiger partial charge is 0.354 e. The summed E-state index contributed by atoms with van der Waals surface area (Å²) in [6.45, 7) is 7.15. The molecule has 46 heavy (non-hydrogen) atoms. The van der Waals surface area contributed by atoms with E-state index in [0.29, 0.717) is 17.8 Å². The number of nitrogens with one attached hydrogen (secondary N) is 1. The molecule has 7 nitrogen and oxygen atoms in total. The molecule has 1 N–H and O–H groups in total. The van der Waals surface area contributed by atoms with Crippen LogP contribution in [0.15, 0.2) is 102 Å². The number of benzene rings is 4. The number of hydrogen-bond donors (Lipinski definition) is 1. The molecule has 0 aliphatic carbocycles. The molecule has 2 amide bonds. The highest BCUT2D eigenvalue weighted by atomic mass is 32.2. The van der Waals surface area contributed by atoms with Gasteiger partial charge in [0.25, 0.3) is 10.0 Å². The summed E-state index contributed by atoms with van der Waals surface area (Å²) in [5.41, 5.74) is 3.83. The van der Waals surface area contributed by atoms with Gasteiger partial charge in [-0.05, 0) is 68.1 Å². The monoisotopic (exact) mass is 643 g/mol. The van der Waals surface area contributed by atoms with Crippen molar-refractivity contribution in [3.8, 4) is 0 Å². The van der Waals surface area contributed by atoms with Gasteiger partial charge in [0.1, 0.15) is 18.4 Å². The number of rotatable bonds is 14. The SMILES string of the molecule is CCCCNC(=O)[C@@H](Cc1ccccc1)N(Cc1ccccc1F)C(=O)CN(c1cccc(C)c1C)S(=O)(=O)c1ccc(C)cc1. The van der Waals surface area contributed by atoms with Crippen LogP contribution in [0.3, 0.4) is 0 Å². The van der Waals surface area contributed by atoms with Crippen LogP contribution in [0.4, 0.5) is 10.1 Å². The van der Waals surface area contributed by atoms with Gasteiger partial charge in [-0.25, -0.2) is 12.8 Å². The average molecular weight is 644 g/mol. The molecule has 0 fully saturated rings. The van der Waals surface area contributed by atoms with E-state index in [2.05, 4.69) is 5.32 Å². The molecular weight excluding hydrogens is 601 g/mol. The van der Waals surface area contributed by atoms with Gasteiger partial charge in [0.2, 0.25) is 11.8 Å². The van der Waals surface area contributed by atoms with E-state index < -0.39 is 34.3 Å². The van der Waals surface area contributed by atoms with Crippen LogP contribution < -0.4 is 9.62 Å². The zero-order valence-electron chi connectivity index (χ0n) is 26.9. The highest BCUT2D eigenvalue weighted by molar-refractivity contribution is 7.92. The molecule has 242 valence electrons. The van der Waals surface area contributed by atoms with Crippen LogP contribution in [0.25, 0.3) is 0 Å². The second-order valence-electron chi connectivity index (χ2n) is 11.5. The summed E-state index contributed by atoms with van der Waals surface area (Å²) in [5.74, 6) is -1.54. The predicted octanol–water partition coefficient (Wildman–Crippen LogP) is 6.50. The summed E-state index contributed by atoms with van der Waals surface area (Å²) in [7, 11) is -4.23. The van der Waals surface area contributed by atoms with Crippen molar-refractivity contribution in [2.45, 2.75) is 64.4 Å². The van der Waals surface area contributed by atoms with Crippen molar-refractivity contribution < 1.29 is 22.4 Å². The molecule has 0 unspecified atom stereocenters. The Kier molecular flexibility index (Phi) is 11.7. The van der Waals surface area contributed by atoms with Crippen molar-refractivity contribution in [3.63, 3.8) is 0 Å². The zero-order chi connectivity index (χ0) is 33.3. The molecule has 0 heterocycles. The normalized spacial score (nSPS) is 11.9. The van der Waals surface area contributed by atoms with Gasteiger partial charge < -0.3 is 10.2 Å². The van der Waals surface area contributed by atoms with Crippen LogP contribution in [-0.4, -0.2) is 44.3 Å². The van der Waals surface area contributed by atoms with E-state index in [4.69, 9.17) is 0 Å².